The van der Waals surface area contributed by atoms with Crippen LogP contribution in [-0.2, 0) is 9.53 Å². The van der Waals surface area contributed by atoms with Crippen molar-refractivity contribution < 1.29 is 19.4 Å². The molecule has 1 N–H and O–H groups in total. The van der Waals surface area contributed by atoms with E-state index >= 15 is 0 Å². The molecule has 0 unspecified atom stereocenters. The Morgan fingerprint density at radius 3 is 2.13 bits per heavy atom. The van der Waals surface area contributed by atoms with E-state index in [2.05, 4.69) is 4.90 Å². The summed E-state index contributed by atoms with van der Waals surface area (Å²) in [4.78, 5) is 27.8. The summed E-state index contributed by atoms with van der Waals surface area (Å²) in [7, 11) is 0. The van der Waals surface area contributed by atoms with Gasteiger partial charge in [0.1, 0.15) is 6.61 Å². The zero-order chi connectivity index (χ0) is 21.5. The molecule has 0 bridgehead atoms. The van der Waals surface area contributed by atoms with Gasteiger partial charge < -0.3 is 19.6 Å². The van der Waals surface area contributed by atoms with Gasteiger partial charge in [0.05, 0.1) is 6.10 Å². The van der Waals surface area contributed by atoms with Crippen molar-refractivity contribution in [2.24, 2.45) is 0 Å². The van der Waals surface area contributed by atoms with Crippen LogP contribution in [0.25, 0.3) is 0 Å². The lowest BCUT2D eigenvalue weighted by Gasteiger charge is -2.33. The van der Waals surface area contributed by atoms with Gasteiger partial charge in [-0.25, -0.2) is 4.79 Å². The van der Waals surface area contributed by atoms with Crippen molar-refractivity contribution in [3.05, 3.63) is 64.1 Å². The van der Waals surface area contributed by atoms with Gasteiger partial charge in [-0.1, -0.05) is 23.2 Å². The second-order valence-electron chi connectivity index (χ2n) is 7.19. The minimum atomic E-state index is -0.947. The fourth-order valence-corrected chi connectivity index (χ4v) is 3.70. The van der Waals surface area contributed by atoms with Crippen molar-refractivity contribution in [3.63, 3.8) is 0 Å². The van der Waals surface area contributed by atoms with Crippen molar-refractivity contribution in [1.29, 1.82) is 0 Å². The standard InChI is InChI=1S/C22H24Cl2N2O4/c23-17-3-1-16(2-4-17)22(29)26(19-7-5-18(24)6-8-19)14-13-25-11-9-20(10-12-25)30-15-21(27)28/h1-8,20H,9-15H2,(H,27,28). The lowest BCUT2D eigenvalue weighted by atomic mass is 10.1. The first-order chi connectivity index (χ1) is 14.4. The van der Waals surface area contributed by atoms with E-state index in [9.17, 15) is 9.59 Å². The molecule has 1 aliphatic heterocycles. The number of carbonyl (C=O) groups excluding carboxylic acids is 1. The number of amides is 1. The number of hydrogen-bond donors (Lipinski definition) is 1. The Morgan fingerprint density at radius 1 is 1.00 bits per heavy atom. The number of ether oxygens (including phenoxy) is 1. The third kappa shape index (κ3) is 6.44. The fraction of sp³-hybridized carbons (Fsp3) is 0.364. The van der Waals surface area contributed by atoms with Crippen LogP contribution in [0.2, 0.25) is 10.0 Å². The van der Waals surface area contributed by atoms with Crippen LogP contribution in [0, 0.1) is 0 Å². The molecular formula is C22H24Cl2N2O4. The van der Waals surface area contributed by atoms with Gasteiger partial charge in [-0.15, -0.1) is 0 Å². The quantitative estimate of drug-likeness (QED) is 0.652. The van der Waals surface area contributed by atoms with Crippen molar-refractivity contribution in [1.82, 2.24) is 4.90 Å². The van der Waals surface area contributed by atoms with E-state index in [0.717, 1.165) is 31.6 Å². The number of piperidine rings is 1. The molecule has 8 heteroatoms. The van der Waals surface area contributed by atoms with E-state index in [1.54, 1.807) is 41.3 Å². The molecule has 0 radical (unpaired) electrons. The first-order valence-corrected chi connectivity index (χ1v) is 10.6. The maximum atomic E-state index is 13.2. The third-order valence-corrected chi connectivity index (χ3v) is 5.60. The molecule has 0 aromatic heterocycles. The monoisotopic (exact) mass is 450 g/mol. The molecule has 1 heterocycles. The Balaban J connectivity index is 1.63. The van der Waals surface area contributed by atoms with Crippen molar-refractivity contribution in [2.75, 3.05) is 37.7 Å². The zero-order valence-corrected chi connectivity index (χ0v) is 18.0. The molecule has 6 nitrogen and oxygen atoms in total. The van der Waals surface area contributed by atoms with Crippen LogP contribution in [0.4, 0.5) is 5.69 Å². The van der Waals surface area contributed by atoms with E-state index < -0.39 is 5.97 Å². The van der Waals surface area contributed by atoms with Crippen LogP contribution < -0.4 is 4.90 Å². The topological polar surface area (TPSA) is 70.1 Å². The van der Waals surface area contributed by atoms with Gasteiger partial charge in [0, 0.05) is 47.5 Å². The van der Waals surface area contributed by atoms with Gasteiger partial charge >= 0.3 is 5.97 Å². The van der Waals surface area contributed by atoms with Crippen molar-refractivity contribution >= 4 is 40.8 Å². The van der Waals surface area contributed by atoms with Gasteiger partial charge in [-0.05, 0) is 61.4 Å². The molecule has 1 fully saturated rings. The minimum Gasteiger partial charge on any atom is -0.480 e. The predicted octanol–water partition coefficient (Wildman–Crippen LogP) is 4.21. The summed E-state index contributed by atoms with van der Waals surface area (Å²) < 4.78 is 5.39. The molecular weight excluding hydrogens is 427 g/mol. The Bertz CT molecular complexity index is 850. The number of benzene rings is 2. The predicted molar refractivity (Wildman–Crippen MR) is 118 cm³/mol. The summed E-state index contributed by atoms with van der Waals surface area (Å²) in [5.41, 5.74) is 1.34. The fourth-order valence-electron chi connectivity index (χ4n) is 3.45. The minimum absolute atomic E-state index is 0.0274. The Morgan fingerprint density at radius 2 is 1.57 bits per heavy atom. The summed E-state index contributed by atoms with van der Waals surface area (Å²) in [5.74, 6) is -1.05. The number of rotatable bonds is 8. The molecule has 2 aromatic carbocycles. The molecule has 0 atom stereocenters. The van der Waals surface area contributed by atoms with Crippen LogP contribution in [-0.4, -0.2) is 60.8 Å². The van der Waals surface area contributed by atoms with Gasteiger partial charge in [0.25, 0.3) is 5.91 Å². The molecule has 0 spiro atoms. The third-order valence-electron chi connectivity index (χ3n) is 5.09. The van der Waals surface area contributed by atoms with E-state index in [0.29, 0.717) is 28.7 Å². The molecule has 1 aliphatic rings. The number of hydrogen-bond acceptors (Lipinski definition) is 4. The van der Waals surface area contributed by atoms with Crippen molar-refractivity contribution in [2.45, 2.75) is 18.9 Å². The van der Waals surface area contributed by atoms with Crippen LogP contribution in [0.3, 0.4) is 0 Å². The second-order valence-corrected chi connectivity index (χ2v) is 8.06. The highest BCUT2D eigenvalue weighted by atomic mass is 35.5. The first kappa shape index (κ1) is 22.6. The first-order valence-electron chi connectivity index (χ1n) is 9.81. The van der Waals surface area contributed by atoms with Gasteiger partial charge in [-0.2, -0.15) is 0 Å². The summed E-state index contributed by atoms with van der Waals surface area (Å²) in [5, 5.41) is 9.93. The second kappa shape index (κ2) is 10.8. The van der Waals surface area contributed by atoms with Crippen LogP contribution in [0.5, 0.6) is 0 Å². The number of nitrogens with zero attached hydrogens (tertiary/aromatic N) is 2. The highest BCUT2D eigenvalue weighted by molar-refractivity contribution is 6.31. The average Bonchev–Trinajstić information content (AvgIpc) is 2.74. The smallest absolute Gasteiger partial charge is 0.329 e. The number of aliphatic carboxylic acids is 1. The Hall–Kier alpha value is -2.12. The molecule has 2 aromatic rings. The molecule has 3 rings (SSSR count). The summed E-state index contributed by atoms with van der Waals surface area (Å²) in [6.45, 7) is 2.56. The highest BCUT2D eigenvalue weighted by Gasteiger charge is 2.23. The maximum Gasteiger partial charge on any atom is 0.329 e. The number of halogens is 2. The average molecular weight is 451 g/mol. The SMILES string of the molecule is O=C(O)COC1CCN(CCN(C(=O)c2ccc(Cl)cc2)c2ccc(Cl)cc2)CC1. The van der Waals surface area contributed by atoms with E-state index in [-0.39, 0.29) is 18.6 Å². The summed E-state index contributed by atoms with van der Waals surface area (Å²) in [6, 6.07) is 14.1. The zero-order valence-electron chi connectivity index (χ0n) is 16.5. The normalized spacial score (nSPS) is 15.1. The molecule has 1 amide bonds. The van der Waals surface area contributed by atoms with Crippen LogP contribution in [0.15, 0.2) is 48.5 Å². The molecule has 0 aliphatic carbocycles. The van der Waals surface area contributed by atoms with E-state index in [1.165, 1.54) is 0 Å². The number of anilines is 1. The van der Waals surface area contributed by atoms with Crippen LogP contribution >= 0.6 is 23.2 Å². The van der Waals surface area contributed by atoms with Crippen molar-refractivity contribution in [3.8, 4) is 0 Å². The van der Waals surface area contributed by atoms with E-state index in [4.69, 9.17) is 33.0 Å². The number of carbonyl (C=O) groups is 2. The number of likely N-dealkylation sites (tertiary alicyclic amines) is 1. The largest absolute Gasteiger partial charge is 0.480 e. The Labute approximate surface area is 185 Å². The maximum absolute atomic E-state index is 13.2. The lowest BCUT2D eigenvalue weighted by molar-refractivity contribution is -0.145. The van der Waals surface area contributed by atoms with Crippen LogP contribution in [0.1, 0.15) is 23.2 Å². The summed E-state index contributed by atoms with van der Waals surface area (Å²) >= 11 is 12.0. The van der Waals surface area contributed by atoms with E-state index in [1.807, 2.05) is 12.1 Å². The molecule has 0 saturated carbocycles. The molecule has 1 saturated heterocycles. The lowest BCUT2D eigenvalue weighted by Crippen LogP contribution is -2.43. The highest BCUT2D eigenvalue weighted by Crippen LogP contribution is 2.22. The number of carboxylic acid groups (broad SMARTS) is 1. The molecule has 160 valence electrons. The molecule has 30 heavy (non-hydrogen) atoms. The Kier molecular flexibility index (Phi) is 8.10. The number of carboxylic acids is 1. The van der Waals surface area contributed by atoms with Gasteiger partial charge in [0.15, 0.2) is 0 Å². The van der Waals surface area contributed by atoms with Gasteiger partial charge in [-0.3, -0.25) is 4.79 Å². The summed E-state index contributed by atoms with van der Waals surface area (Å²) in [6.07, 6.45) is 1.53. The van der Waals surface area contributed by atoms with Gasteiger partial charge in [0.2, 0.25) is 0 Å².